The average molecular weight is 413 g/mol. The Morgan fingerprint density at radius 2 is 1.47 bits per heavy atom. The summed E-state index contributed by atoms with van der Waals surface area (Å²) in [5, 5.41) is 5.03. The van der Waals surface area contributed by atoms with Crippen LogP contribution in [0, 0.1) is 0 Å². The predicted octanol–water partition coefficient (Wildman–Crippen LogP) is 8.00. The molecule has 1 aromatic heterocycles. The van der Waals surface area contributed by atoms with E-state index in [2.05, 4.69) is 125 Å². The first kappa shape index (κ1) is 18.7. The van der Waals surface area contributed by atoms with E-state index in [-0.39, 0.29) is 0 Å². The number of fused-ring (bicyclic) bond motifs is 3. The molecular formula is C30H24N2. The zero-order valence-electron chi connectivity index (χ0n) is 17.8. The maximum atomic E-state index is 3.69. The van der Waals surface area contributed by atoms with Crippen LogP contribution < -0.4 is 5.32 Å². The topological polar surface area (TPSA) is 17.0 Å². The number of benzene rings is 4. The molecule has 1 aliphatic carbocycles. The molecule has 4 aromatic carbocycles. The number of aryl methyl sites for hydroxylation is 1. The zero-order valence-corrected chi connectivity index (χ0v) is 17.8. The fourth-order valence-corrected chi connectivity index (χ4v) is 4.79. The maximum absolute atomic E-state index is 3.69. The lowest BCUT2D eigenvalue weighted by Crippen LogP contribution is -2.00. The highest BCUT2D eigenvalue weighted by atomic mass is 15.0. The molecule has 0 radical (unpaired) electrons. The van der Waals surface area contributed by atoms with E-state index in [0.29, 0.717) is 0 Å². The Morgan fingerprint density at radius 1 is 0.719 bits per heavy atom. The third kappa shape index (κ3) is 3.21. The van der Waals surface area contributed by atoms with Gasteiger partial charge < -0.3 is 9.88 Å². The van der Waals surface area contributed by atoms with Crippen LogP contribution in [0.25, 0.3) is 33.8 Å². The Hall–Kier alpha value is -4.04. The molecule has 0 spiro atoms. The highest BCUT2D eigenvalue weighted by Gasteiger charge is 2.18. The molecule has 1 aliphatic rings. The monoisotopic (exact) mass is 412 g/mol. The van der Waals surface area contributed by atoms with Crippen molar-refractivity contribution in [2.75, 3.05) is 5.32 Å². The standard InChI is InChI=1S/C30H24N2/c1-3-11-22(12-4-1)25-15-7-9-17-28(25)31-23-19-20-27-26-16-8-10-18-29(26)32(30(27)21-23)24-13-5-2-6-14-24/h1-7,9-15,17-21,31H,8,16H2. The SMILES string of the molecule is C1=Cc2c(c3ccc(Nc4ccccc4-c4ccccc4)cc3n2-c2ccccc2)CC1. The van der Waals surface area contributed by atoms with Gasteiger partial charge in [0.05, 0.1) is 5.52 Å². The minimum absolute atomic E-state index is 1.09. The number of hydrogen-bond acceptors (Lipinski definition) is 1. The summed E-state index contributed by atoms with van der Waals surface area (Å²) in [5.41, 5.74) is 9.82. The van der Waals surface area contributed by atoms with Crippen molar-refractivity contribution in [1.29, 1.82) is 0 Å². The van der Waals surface area contributed by atoms with Crippen molar-refractivity contribution >= 4 is 28.4 Å². The second-order valence-corrected chi connectivity index (χ2v) is 8.24. The van der Waals surface area contributed by atoms with E-state index in [1.54, 1.807) is 0 Å². The molecule has 0 amide bonds. The number of para-hydroxylation sites is 2. The number of aromatic nitrogens is 1. The van der Waals surface area contributed by atoms with Gasteiger partial charge in [0.2, 0.25) is 0 Å². The summed E-state index contributed by atoms with van der Waals surface area (Å²) < 4.78 is 2.40. The average Bonchev–Trinajstić information content (AvgIpc) is 3.19. The van der Waals surface area contributed by atoms with E-state index in [4.69, 9.17) is 0 Å². The van der Waals surface area contributed by atoms with Crippen LogP contribution >= 0.6 is 0 Å². The predicted molar refractivity (Wildman–Crippen MR) is 136 cm³/mol. The third-order valence-electron chi connectivity index (χ3n) is 6.26. The van der Waals surface area contributed by atoms with Gasteiger partial charge in [-0.1, -0.05) is 78.9 Å². The van der Waals surface area contributed by atoms with E-state index < -0.39 is 0 Å². The summed E-state index contributed by atoms with van der Waals surface area (Å²) in [6, 6.07) is 36.5. The molecule has 6 rings (SSSR count). The fourth-order valence-electron chi connectivity index (χ4n) is 4.79. The van der Waals surface area contributed by atoms with Gasteiger partial charge in [-0.25, -0.2) is 0 Å². The third-order valence-corrected chi connectivity index (χ3v) is 6.26. The molecular weight excluding hydrogens is 388 g/mol. The number of anilines is 2. The maximum Gasteiger partial charge on any atom is 0.0558 e. The van der Waals surface area contributed by atoms with Crippen molar-refractivity contribution in [3.63, 3.8) is 0 Å². The van der Waals surface area contributed by atoms with Crippen LogP contribution in [0.15, 0.2) is 109 Å². The Balaban J connectivity index is 1.49. The lowest BCUT2D eigenvalue weighted by atomic mass is 10.0. The first-order chi connectivity index (χ1) is 15.9. The Morgan fingerprint density at radius 3 is 2.31 bits per heavy atom. The normalized spacial score (nSPS) is 12.6. The Labute approximate surface area is 188 Å². The molecule has 1 N–H and O–H groups in total. The number of rotatable bonds is 4. The van der Waals surface area contributed by atoms with Gasteiger partial charge in [-0.05, 0) is 60.4 Å². The van der Waals surface area contributed by atoms with Gasteiger partial charge in [0, 0.05) is 33.7 Å². The molecule has 0 fully saturated rings. The van der Waals surface area contributed by atoms with Crippen LogP contribution in [0.5, 0.6) is 0 Å². The summed E-state index contributed by atoms with van der Waals surface area (Å²) in [6.45, 7) is 0. The van der Waals surface area contributed by atoms with Gasteiger partial charge in [-0.2, -0.15) is 0 Å². The van der Waals surface area contributed by atoms with Gasteiger partial charge >= 0.3 is 0 Å². The minimum Gasteiger partial charge on any atom is -0.355 e. The van der Waals surface area contributed by atoms with Crippen molar-refractivity contribution in [3.8, 4) is 16.8 Å². The van der Waals surface area contributed by atoms with Crippen molar-refractivity contribution in [3.05, 3.63) is 120 Å². The van der Waals surface area contributed by atoms with E-state index in [1.807, 2.05) is 0 Å². The van der Waals surface area contributed by atoms with E-state index in [1.165, 1.54) is 39.0 Å². The van der Waals surface area contributed by atoms with Gasteiger partial charge in [0.25, 0.3) is 0 Å². The first-order valence-electron chi connectivity index (χ1n) is 11.2. The van der Waals surface area contributed by atoms with Gasteiger partial charge in [-0.3, -0.25) is 0 Å². The quantitative estimate of drug-likeness (QED) is 0.316. The molecule has 1 heterocycles. The molecule has 2 heteroatoms. The zero-order chi connectivity index (χ0) is 21.3. The van der Waals surface area contributed by atoms with Gasteiger partial charge in [-0.15, -0.1) is 0 Å². The van der Waals surface area contributed by atoms with Crippen LogP contribution in [-0.4, -0.2) is 4.57 Å². The minimum atomic E-state index is 1.09. The van der Waals surface area contributed by atoms with Gasteiger partial charge in [0.1, 0.15) is 0 Å². The molecule has 2 nitrogen and oxygen atoms in total. The van der Waals surface area contributed by atoms with Crippen LogP contribution in [0.1, 0.15) is 17.7 Å². The molecule has 0 atom stereocenters. The highest BCUT2D eigenvalue weighted by molar-refractivity contribution is 5.94. The fraction of sp³-hybridized carbons (Fsp3) is 0.0667. The van der Waals surface area contributed by atoms with Crippen molar-refractivity contribution in [2.45, 2.75) is 12.8 Å². The molecule has 0 unspecified atom stereocenters. The van der Waals surface area contributed by atoms with E-state index >= 15 is 0 Å². The molecule has 0 saturated carbocycles. The van der Waals surface area contributed by atoms with E-state index in [9.17, 15) is 0 Å². The van der Waals surface area contributed by atoms with Crippen molar-refractivity contribution in [1.82, 2.24) is 4.57 Å². The number of allylic oxidation sites excluding steroid dienone is 1. The largest absolute Gasteiger partial charge is 0.355 e. The van der Waals surface area contributed by atoms with E-state index in [0.717, 1.165) is 24.2 Å². The molecule has 154 valence electrons. The Kier molecular flexibility index (Phi) is 4.62. The first-order valence-corrected chi connectivity index (χ1v) is 11.2. The summed E-state index contributed by atoms with van der Waals surface area (Å²) in [5.74, 6) is 0. The lowest BCUT2D eigenvalue weighted by molar-refractivity contribution is 0.967. The number of nitrogens with zero attached hydrogens (tertiary/aromatic N) is 1. The summed E-state index contributed by atoms with van der Waals surface area (Å²) in [6.07, 6.45) is 6.76. The van der Waals surface area contributed by atoms with Gasteiger partial charge in [0.15, 0.2) is 0 Å². The molecule has 0 bridgehead atoms. The van der Waals surface area contributed by atoms with Crippen LogP contribution in [-0.2, 0) is 6.42 Å². The Bertz CT molecular complexity index is 1430. The van der Waals surface area contributed by atoms with Crippen molar-refractivity contribution in [2.24, 2.45) is 0 Å². The molecule has 32 heavy (non-hydrogen) atoms. The second kappa shape index (κ2) is 7.90. The van der Waals surface area contributed by atoms with Crippen LogP contribution in [0.4, 0.5) is 11.4 Å². The molecule has 0 saturated heterocycles. The highest BCUT2D eigenvalue weighted by Crippen LogP contribution is 2.37. The summed E-state index contributed by atoms with van der Waals surface area (Å²) >= 11 is 0. The van der Waals surface area contributed by atoms with Crippen molar-refractivity contribution < 1.29 is 0 Å². The summed E-state index contributed by atoms with van der Waals surface area (Å²) in [7, 11) is 0. The lowest BCUT2D eigenvalue weighted by Gasteiger charge is -2.14. The smallest absolute Gasteiger partial charge is 0.0558 e. The van der Waals surface area contributed by atoms with Crippen LogP contribution in [0.3, 0.4) is 0 Å². The van der Waals surface area contributed by atoms with Crippen LogP contribution in [0.2, 0.25) is 0 Å². The number of nitrogens with one attached hydrogen (secondary N) is 1. The second-order valence-electron chi connectivity index (χ2n) is 8.24. The molecule has 5 aromatic rings. The summed E-state index contributed by atoms with van der Waals surface area (Å²) in [4.78, 5) is 0. The molecule has 0 aliphatic heterocycles. The number of hydrogen-bond donors (Lipinski definition) is 1.